The van der Waals surface area contributed by atoms with Gasteiger partial charge >= 0.3 is 6.09 Å². The molecule has 1 aromatic heterocycles. The van der Waals surface area contributed by atoms with Crippen LogP contribution in [-0.4, -0.2) is 58.4 Å². The van der Waals surface area contributed by atoms with Crippen molar-refractivity contribution in [3.05, 3.63) is 11.9 Å². The Labute approximate surface area is 166 Å². The first-order valence-electron chi connectivity index (χ1n) is 10.3. The van der Waals surface area contributed by atoms with Crippen LogP contribution in [0.4, 0.5) is 4.79 Å². The molecule has 1 saturated heterocycles. The van der Waals surface area contributed by atoms with Crippen LogP contribution in [0.3, 0.4) is 0 Å². The predicted molar refractivity (Wildman–Crippen MR) is 104 cm³/mol. The normalized spacial score (nSPS) is 23.5. The number of amides is 1. The van der Waals surface area contributed by atoms with Crippen molar-refractivity contribution in [3.63, 3.8) is 0 Å². The number of ether oxygens (including phenoxy) is 3. The number of rotatable bonds is 5. The molecule has 28 heavy (non-hydrogen) atoms. The topological polar surface area (TPSA) is 99.8 Å². The number of hydrogen-bond acceptors (Lipinski definition) is 7. The van der Waals surface area contributed by atoms with Crippen molar-refractivity contribution in [1.29, 1.82) is 0 Å². The number of likely N-dealkylation sites (tertiary alicyclic amines) is 1. The lowest BCUT2D eigenvalue weighted by atomic mass is 9.94. The fraction of sp³-hybridized carbons (Fsp3) is 0.750. The van der Waals surface area contributed by atoms with E-state index in [2.05, 4.69) is 9.97 Å². The van der Waals surface area contributed by atoms with E-state index in [0.29, 0.717) is 24.8 Å². The summed E-state index contributed by atoms with van der Waals surface area (Å²) in [6, 6.07) is 0.286. The van der Waals surface area contributed by atoms with Gasteiger partial charge in [0.1, 0.15) is 18.5 Å². The molecule has 0 aromatic carbocycles. The van der Waals surface area contributed by atoms with Gasteiger partial charge in [-0.15, -0.1) is 0 Å². The molecule has 8 heteroatoms. The molecule has 2 aliphatic rings. The van der Waals surface area contributed by atoms with E-state index in [0.717, 1.165) is 44.1 Å². The van der Waals surface area contributed by atoms with E-state index in [4.69, 9.17) is 19.9 Å². The van der Waals surface area contributed by atoms with Crippen LogP contribution in [0.2, 0.25) is 0 Å². The van der Waals surface area contributed by atoms with Gasteiger partial charge in [0.25, 0.3) is 0 Å². The number of nitrogens with zero attached hydrogens (tertiary/aromatic N) is 3. The minimum atomic E-state index is -0.255. The minimum Gasteiger partial charge on any atom is -0.474 e. The van der Waals surface area contributed by atoms with Crippen LogP contribution in [0.5, 0.6) is 11.8 Å². The zero-order chi connectivity index (χ0) is 20.1. The molecule has 8 nitrogen and oxygen atoms in total. The van der Waals surface area contributed by atoms with E-state index >= 15 is 0 Å². The van der Waals surface area contributed by atoms with Crippen molar-refractivity contribution in [2.75, 3.05) is 13.1 Å². The van der Waals surface area contributed by atoms with Gasteiger partial charge in [-0.05, 0) is 46.5 Å². The SMILES string of the molecule is Cc1c(OC2CCN(C(=O)OC(C)C)CC2)ncnc1O[C@H]1CC[C@H](N)CC1. The first-order valence-corrected chi connectivity index (χ1v) is 10.3. The standard InChI is InChI=1S/C20H32N4O4/c1-13(2)26-20(25)24-10-8-17(9-11-24)28-19-14(3)18(22-12-23-19)27-16-6-4-15(21)5-7-16/h12-13,15-17H,4-11,21H2,1-3H3/t15-,16-. The summed E-state index contributed by atoms with van der Waals surface area (Å²) >= 11 is 0. The van der Waals surface area contributed by atoms with Gasteiger partial charge in [-0.2, -0.15) is 0 Å². The second-order valence-corrected chi connectivity index (χ2v) is 8.00. The van der Waals surface area contributed by atoms with Gasteiger partial charge in [0.15, 0.2) is 0 Å². The maximum atomic E-state index is 12.0. The molecule has 0 atom stereocenters. The summed E-state index contributed by atoms with van der Waals surface area (Å²) in [5.41, 5.74) is 6.79. The van der Waals surface area contributed by atoms with E-state index in [1.165, 1.54) is 6.33 Å². The number of aromatic nitrogens is 2. The lowest BCUT2D eigenvalue weighted by molar-refractivity contribution is 0.0503. The molecule has 156 valence electrons. The number of carbonyl (C=O) groups is 1. The van der Waals surface area contributed by atoms with E-state index < -0.39 is 0 Å². The molecular formula is C20H32N4O4. The molecule has 2 N–H and O–H groups in total. The Morgan fingerprint density at radius 2 is 1.57 bits per heavy atom. The monoisotopic (exact) mass is 392 g/mol. The van der Waals surface area contributed by atoms with Crippen molar-refractivity contribution in [2.45, 2.75) is 83.6 Å². The van der Waals surface area contributed by atoms with Gasteiger partial charge in [0.2, 0.25) is 11.8 Å². The second kappa shape index (κ2) is 9.41. The summed E-state index contributed by atoms with van der Waals surface area (Å²) in [5, 5.41) is 0. The maximum absolute atomic E-state index is 12.0. The first-order chi connectivity index (χ1) is 13.4. The van der Waals surface area contributed by atoms with E-state index in [9.17, 15) is 4.79 Å². The predicted octanol–water partition coefficient (Wildman–Crippen LogP) is 2.82. The Balaban J connectivity index is 1.53. The molecule has 0 bridgehead atoms. The Kier molecular flexibility index (Phi) is 6.93. The molecule has 0 unspecified atom stereocenters. The summed E-state index contributed by atoms with van der Waals surface area (Å²) < 4.78 is 17.5. The van der Waals surface area contributed by atoms with E-state index in [1.54, 1.807) is 4.90 Å². The molecule has 1 aliphatic carbocycles. The summed E-state index contributed by atoms with van der Waals surface area (Å²) in [4.78, 5) is 22.3. The first kappa shape index (κ1) is 20.6. The van der Waals surface area contributed by atoms with Gasteiger partial charge in [-0.3, -0.25) is 0 Å². The summed E-state index contributed by atoms with van der Waals surface area (Å²) in [5.74, 6) is 1.14. The lowest BCUT2D eigenvalue weighted by Crippen LogP contribution is -2.42. The summed E-state index contributed by atoms with van der Waals surface area (Å²) in [6.45, 7) is 6.87. The van der Waals surface area contributed by atoms with Gasteiger partial charge < -0.3 is 24.8 Å². The molecular weight excluding hydrogens is 360 g/mol. The van der Waals surface area contributed by atoms with E-state index in [1.807, 2.05) is 20.8 Å². The highest BCUT2D eigenvalue weighted by atomic mass is 16.6. The van der Waals surface area contributed by atoms with Crippen LogP contribution in [0.1, 0.15) is 57.9 Å². The van der Waals surface area contributed by atoms with Gasteiger partial charge in [-0.25, -0.2) is 14.8 Å². The van der Waals surface area contributed by atoms with Crippen molar-refractivity contribution < 1.29 is 19.0 Å². The van der Waals surface area contributed by atoms with Crippen molar-refractivity contribution in [2.24, 2.45) is 5.73 Å². The zero-order valence-corrected chi connectivity index (χ0v) is 17.1. The molecule has 1 saturated carbocycles. The summed E-state index contributed by atoms with van der Waals surface area (Å²) in [6.07, 6.45) is 6.64. The van der Waals surface area contributed by atoms with Crippen molar-refractivity contribution in [1.82, 2.24) is 14.9 Å². The van der Waals surface area contributed by atoms with Crippen LogP contribution in [0, 0.1) is 6.92 Å². The molecule has 1 aromatic rings. The third kappa shape index (κ3) is 5.47. The molecule has 0 spiro atoms. The van der Waals surface area contributed by atoms with Crippen LogP contribution in [0.15, 0.2) is 6.33 Å². The molecule has 2 heterocycles. The van der Waals surface area contributed by atoms with Crippen LogP contribution in [0.25, 0.3) is 0 Å². The maximum Gasteiger partial charge on any atom is 0.410 e. The molecule has 0 radical (unpaired) electrons. The molecule has 2 fully saturated rings. The molecule has 1 amide bonds. The highest BCUT2D eigenvalue weighted by Gasteiger charge is 2.27. The Bertz CT molecular complexity index is 654. The van der Waals surface area contributed by atoms with Gasteiger partial charge in [-0.1, -0.05) is 0 Å². The fourth-order valence-electron chi connectivity index (χ4n) is 3.61. The van der Waals surface area contributed by atoms with Crippen molar-refractivity contribution >= 4 is 6.09 Å². The smallest absolute Gasteiger partial charge is 0.410 e. The average Bonchev–Trinajstić information content (AvgIpc) is 2.67. The Morgan fingerprint density at radius 1 is 1.04 bits per heavy atom. The molecule has 3 rings (SSSR count). The zero-order valence-electron chi connectivity index (χ0n) is 17.1. The van der Waals surface area contributed by atoms with Crippen LogP contribution < -0.4 is 15.2 Å². The number of nitrogens with two attached hydrogens (primary N) is 1. The molecule has 1 aliphatic heterocycles. The average molecular weight is 393 g/mol. The third-order valence-corrected chi connectivity index (χ3v) is 5.30. The summed E-state index contributed by atoms with van der Waals surface area (Å²) in [7, 11) is 0. The highest BCUT2D eigenvalue weighted by Crippen LogP contribution is 2.29. The third-order valence-electron chi connectivity index (χ3n) is 5.30. The highest BCUT2D eigenvalue weighted by molar-refractivity contribution is 5.67. The lowest BCUT2D eigenvalue weighted by Gasteiger charge is -2.32. The number of piperidine rings is 1. The second-order valence-electron chi connectivity index (χ2n) is 8.00. The van der Waals surface area contributed by atoms with Crippen LogP contribution in [-0.2, 0) is 4.74 Å². The number of hydrogen-bond donors (Lipinski definition) is 1. The largest absolute Gasteiger partial charge is 0.474 e. The Hall–Kier alpha value is -2.09. The minimum absolute atomic E-state index is 0.0113. The Morgan fingerprint density at radius 3 is 2.11 bits per heavy atom. The fourth-order valence-corrected chi connectivity index (χ4v) is 3.61. The van der Waals surface area contributed by atoms with Gasteiger partial charge in [0.05, 0.1) is 11.7 Å². The van der Waals surface area contributed by atoms with Crippen LogP contribution >= 0.6 is 0 Å². The quantitative estimate of drug-likeness (QED) is 0.822. The van der Waals surface area contributed by atoms with Crippen molar-refractivity contribution in [3.8, 4) is 11.8 Å². The number of carbonyl (C=O) groups excluding carboxylic acids is 1. The van der Waals surface area contributed by atoms with Gasteiger partial charge in [0, 0.05) is 32.0 Å². The van der Waals surface area contributed by atoms with E-state index in [-0.39, 0.29) is 30.4 Å².